The third-order valence-corrected chi connectivity index (χ3v) is 3.26. The molecule has 1 atom stereocenters. The van der Waals surface area contributed by atoms with Crippen molar-refractivity contribution >= 4 is 14.5 Å². The van der Waals surface area contributed by atoms with E-state index in [0.717, 1.165) is 0 Å². The molecule has 0 amide bonds. The first kappa shape index (κ1) is 10.7. The molecule has 0 fully saturated rings. The van der Waals surface area contributed by atoms with Crippen molar-refractivity contribution in [3.05, 3.63) is 28.8 Å². The lowest BCUT2D eigenvalue weighted by atomic mass is 9.83. The zero-order valence-electron chi connectivity index (χ0n) is 9.23. The fourth-order valence-corrected chi connectivity index (χ4v) is 1.97. The molecule has 0 heterocycles. The summed E-state index contributed by atoms with van der Waals surface area (Å²) in [6.07, 6.45) is 0. The maximum absolute atomic E-state index is 2.78. The second-order valence-corrected chi connectivity index (χ2v) is 5.32. The van der Waals surface area contributed by atoms with Crippen molar-refractivity contribution in [2.24, 2.45) is 0 Å². The smallest absolute Gasteiger partial charge is 0.0129 e. The van der Waals surface area contributed by atoms with E-state index in [1.54, 1.807) is 0 Å². The van der Waals surface area contributed by atoms with Crippen molar-refractivity contribution in [1.82, 2.24) is 0 Å². The lowest BCUT2D eigenvalue weighted by Gasteiger charge is -2.23. The number of hydrogen-bond donors (Lipinski definition) is 0. The van der Waals surface area contributed by atoms with Crippen LogP contribution >= 0.6 is 9.24 Å². The van der Waals surface area contributed by atoms with E-state index < -0.39 is 0 Å². The molecular weight excluding hydrogens is 175 g/mol. The molecule has 0 aromatic heterocycles. The summed E-state index contributed by atoms with van der Waals surface area (Å²) in [4.78, 5) is 0. The molecule has 1 unspecified atom stereocenters. The molecule has 0 saturated heterocycles. The van der Waals surface area contributed by atoms with Crippen LogP contribution in [0.25, 0.3) is 0 Å². The molecule has 0 aliphatic heterocycles. The second-order valence-electron chi connectivity index (χ2n) is 4.70. The van der Waals surface area contributed by atoms with E-state index in [1.807, 2.05) is 0 Å². The van der Waals surface area contributed by atoms with E-state index in [0.29, 0.717) is 0 Å². The molecule has 0 bridgehead atoms. The summed E-state index contributed by atoms with van der Waals surface area (Å²) in [5.41, 5.74) is 4.54. The molecule has 1 rings (SSSR count). The van der Waals surface area contributed by atoms with Crippen LogP contribution in [-0.4, -0.2) is 0 Å². The molecular formula is C12H19P. The first-order chi connectivity index (χ1) is 5.84. The van der Waals surface area contributed by atoms with Crippen LogP contribution in [0.3, 0.4) is 0 Å². The van der Waals surface area contributed by atoms with Gasteiger partial charge in [0.25, 0.3) is 0 Å². The minimum atomic E-state index is 0.257. The Morgan fingerprint density at radius 2 is 1.54 bits per heavy atom. The zero-order chi connectivity index (χ0) is 10.2. The molecule has 0 spiro atoms. The molecule has 1 aromatic carbocycles. The van der Waals surface area contributed by atoms with Gasteiger partial charge in [-0.15, -0.1) is 9.24 Å². The van der Waals surface area contributed by atoms with Crippen LogP contribution in [0.2, 0.25) is 0 Å². The van der Waals surface area contributed by atoms with E-state index in [2.05, 4.69) is 56.0 Å². The Labute approximate surface area is 84.0 Å². The fraction of sp³-hybridized carbons (Fsp3) is 0.500. The Morgan fingerprint density at radius 1 is 1.00 bits per heavy atom. The normalized spacial score (nSPS) is 11.8. The molecule has 1 heteroatoms. The van der Waals surface area contributed by atoms with Crippen LogP contribution in [0.1, 0.15) is 37.5 Å². The third-order valence-electron chi connectivity index (χ3n) is 2.64. The molecule has 0 aliphatic carbocycles. The predicted molar refractivity (Wildman–Crippen MR) is 64.0 cm³/mol. The minimum Gasteiger partial charge on any atom is -0.105 e. The fourth-order valence-electron chi connectivity index (χ4n) is 1.65. The highest BCUT2D eigenvalue weighted by molar-refractivity contribution is 7.27. The topological polar surface area (TPSA) is 0 Å². The standard InChI is InChI=1S/C12H19P/c1-8-9(2)11(13)7-6-10(8)12(3,4)5/h6-7H,13H2,1-5H3. The van der Waals surface area contributed by atoms with Crippen molar-refractivity contribution in [3.63, 3.8) is 0 Å². The van der Waals surface area contributed by atoms with Gasteiger partial charge in [-0.3, -0.25) is 0 Å². The second kappa shape index (κ2) is 3.42. The van der Waals surface area contributed by atoms with Gasteiger partial charge in [-0.2, -0.15) is 0 Å². The van der Waals surface area contributed by atoms with Crippen LogP contribution in [0.5, 0.6) is 0 Å². The van der Waals surface area contributed by atoms with Gasteiger partial charge in [0, 0.05) is 0 Å². The largest absolute Gasteiger partial charge is 0.105 e. The lowest BCUT2D eigenvalue weighted by molar-refractivity contribution is 0.585. The molecule has 0 nitrogen and oxygen atoms in total. The number of hydrogen-bond acceptors (Lipinski definition) is 0. The highest BCUT2D eigenvalue weighted by atomic mass is 31.0. The van der Waals surface area contributed by atoms with Gasteiger partial charge in [-0.1, -0.05) is 32.9 Å². The summed E-state index contributed by atoms with van der Waals surface area (Å²) in [5.74, 6) is 0. The Balaban J connectivity index is 3.35. The van der Waals surface area contributed by atoms with Crippen LogP contribution in [-0.2, 0) is 5.41 Å². The summed E-state index contributed by atoms with van der Waals surface area (Å²) in [6.45, 7) is 11.2. The molecule has 13 heavy (non-hydrogen) atoms. The summed E-state index contributed by atoms with van der Waals surface area (Å²) < 4.78 is 0. The SMILES string of the molecule is Cc1c(P)ccc(C(C)(C)C)c1C. The van der Waals surface area contributed by atoms with Gasteiger partial charge in [0.15, 0.2) is 0 Å². The van der Waals surface area contributed by atoms with Gasteiger partial charge in [0.1, 0.15) is 0 Å². The Hall–Kier alpha value is -0.350. The first-order valence-electron chi connectivity index (χ1n) is 4.70. The summed E-state index contributed by atoms with van der Waals surface area (Å²) in [5, 5.41) is 1.31. The Morgan fingerprint density at radius 3 is 2.00 bits per heavy atom. The van der Waals surface area contributed by atoms with Crippen molar-refractivity contribution in [1.29, 1.82) is 0 Å². The molecule has 0 aliphatic rings. The van der Waals surface area contributed by atoms with Gasteiger partial charge in [0.05, 0.1) is 0 Å². The van der Waals surface area contributed by atoms with Gasteiger partial charge in [-0.05, 0) is 41.3 Å². The molecule has 1 aromatic rings. The molecule has 0 radical (unpaired) electrons. The summed E-state index contributed by atoms with van der Waals surface area (Å²) in [7, 11) is 2.78. The van der Waals surface area contributed by atoms with Crippen molar-refractivity contribution < 1.29 is 0 Å². The Bertz CT molecular complexity index is 319. The van der Waals surface area contributed by atoms with Gasteiger partial charge in [0.2, 0.25) is 0 Å². The van der Waals surface area contributed by atoms with Crippen LogP contribution in [0.4, 0.5) is 0 Å². The predicted octanol–water partition coefficient (Wildman–Crippen LogP) is 3.10. The van der Waals surface area contributed by atoms with E-state index in [9.17, 15) is 0 Å². The van der Waals surface area contributed by atoms with Gasteiger partial charge in [-0.25, -0.2) is 0 Å². The van der Waals surface area contributed by atoms with E-state index in [1.165, 1.54) is 22.0 Å². The average Bonchev–Trinajstić information content (AvgIpc) is 1.98. The van der Waals surface area contributed by atoms with Crippen LogP contribution in [0.15, 0.2) is 12.1 Å². The van der Waals surface area contributed by atoms with Crippen LogP contribution < -0.4 is 5.30 Å². The van der Waals surface area contributed by atoms with Crippen LogP contribution in [0, 0.1) is 13.8 Å². The highest BCUT2D eigenvalue weighted by Crippen LogP contribution is 2.26. The maximum Gasteiger partial charge on any atom is -0.0129 e. The number of rotatable bonds is 0. The lowest BCUT2D eigenvalue weighted by Crippen LogP contribution is -2.16. The highest BCUT2D eigenvalue weighted by Gasteiger charge is 2.17. The van der Waals surface area contributed by atoms with E-state index in [-0.39, 0.29) is 5.41 Å². The van der Waals surface area contributed by atoms with E-state index >= 15 is 0 Å². The zero-order valence-corrected chi connectivity index (χ0v) is 10.4. The van der Waals surface area contributed by atoms with E-state index in [4.69, 9.17) is 0 Å². The maximum atomic E-state index is 2.78. The van der Waals surface area contributed by atoms with Crippen molar-refractivity contribution in [2.45, 2.75) is 40.0 Å². The quantitative estimate of drug-likeness (QED) is 0.557. The van der Waals surface area contributed by atoms with Gasteiger partial charge < -0.3 is 0 Å². The summed E-state index contributed by atoms with van der Waals surface area (Å²) in [6, 6.07) is 4.43. The average molecular weight is 194 g/mol. The third kappa shape index (κ3) is 2.11. The first-order valence-corrected chi connectivity index (χ1v) is 5.28. The molecule has 0 saturated carbocycles. The Kier molecular flexibility index (Phi) is 2.82. The molecule has 0 N–H and O–H groups in total. The van der Waals surface area contributed by atoms with Crippen molar-refractivity contribution in [2.75, 3.05) is 0 Å². The summed E-state index contributed by atoms with van der Waals surface area (Å²) >= 11 is 0. The molecule has 72 valence electrons. The minimum absolute atomic E-state index is 0.257. The monoisotopic (exact) mass is 194 g/mol. The van der Waals surface area contributed by atoms with Crippen molar-refractivity contribution in [3.8, 4) is 0 Å². The van der Waals surface area contributed by atoms with Gasteiger partial charge >= 0.3 is 0 Å². The number of benzene rings is 1.